The van der Waals surface area contributed by atoms with Crippen molar-refractivity contribution in [3.05, 3.63) is 63.8 Å². The molecule has 0 aliphatic heterocycles. The number of nitrogens with zero attached hydrogens (tertiary/aromatic N) is 3. The fourth-order valence-electron chi connectivity index (χ4n) is 1.93. The van der Waals surface area contributed by atoms with Gasteiger partial charge in [0.2, 0.25) is 0 Å². The lowest BCUT2D eigenvalue weighted by Crippen LogP contribution is -2.12. The lowest BCUT2D eigenvalue weighted by atomic mass is 10.0. The summed E-state index contributed by atoms with van der Waals surface area (Å²) in [5, 5.41) is 22.8. The van der Waals surface area contributed by atoms with E-state index in [1.165, 1.54) is 11.6 Å². The second kappa shape index (κ2) is 6.48. The Morgan fingerprint density at radius 3 is 2.76 bits per heavy atom. The first kappa shape index (κ1) is 14.5. The molecule has 0 aliphatic carbocycles. The van der Waals surface area contributed by atoms with Crippen LogP contribution in [0.25, 0.3) is 0 Å². The average molecular weight is 282 g/mol. The van der Waals surface area contributed by atoms with Gasteiger partial charge in [0, 0.05) is 12.6 Å². The van der Waals surface area contributed by atoms with E-state index < -0.39 is 4.92 Å². The van der Waals surface area contributed by atoms with Crippen molar-refractivity contribution in [1.82, 2.24) is 4.98 Å². The normalized spacial score (nSPS) is 11.4. The third-order valence-corrected chi connectivity index (χ3v) is 3.15. The molecule has 106 valence electrons. The molecular weight excluding hydrogens is 268 g/mol. The highest BCUT2D eigenvalue weighted by molar-refractivity contribution is 5.55. The van der Waals surface area contributed by atoms with Crippen molar-refractivity contribution in [3.8, 4) is 6.07 Å². The summed E-state index contributed by atoms with van der Waals surface area (Å²) in [6, 6.07) is 13.1. The first-order valence-electron chi connectivity index (χ1n) is 6.45. The number of rotatable bonds is 5. The Morgan fingerprint density at radius 2 is 2.14 bits per heavy atom. The Hall–Kier alpha value is -2.94. The predicted molar refractivity (Wildman–Crippen MR) is 79.0 cm³/mol. The standard InChI is InChI=1S/C15H14N4O2/c1-11(12-5-3-2-4-6-12)9-17-15-13(8-16)7-14(10-18-15)19(20)21/h2-7,10-11H,9H2,1H3,(H,17,18). The van der Waals surface area contributed by atoms with E-state index in [9.17, 15) is 10.1 Å². The van der Waals surface area contributed by atoms with Crippen LogP contribution in [-0.4, -0.2) is 16.5 Å². The molecule has 2 rings (SSSR count). The summed E-state index contributed by atoms with van der Waals surface area (Å²) in [4.78, 5) is 14.1. The number of pyridine rings is 1. The number of benzene rings is 1. The van der Waals surface area contributed by atoms with E-state index in [1.54, 1.807) is 0 Å². The number of nitrogens with one attached hydrogen (secondary N) is 1. The number of hydrogen-bond donors (Lipinski definition) is 1. The molecule has 2 aromatic rings. The molecule has 0 spiro atoms. The summed E-state index contributed by atoms with van der Waals surface area (Å²) in [7, 11) is 0. The molecule has 1 atom stereocenters. The zero-order chi connectivity index (χ0) is 15.2. The highest BCUT2D eigenvalue weighted by Crippen LogP contribution is 2.20. The van der Waals surface area contributed by atoms with Crippen LogP contribution in [0.15, 0.2) is 42.6 Å². The van der Waals surface area contributed by atoms with E-state index in [4.69, 9.17) is 5.26 Å². The lowest BCUT2D eigenvalue weighted by molar-refractivity contribution is -0.385. The zero-order valence-corrected chi connectivity index (χ0v) is 11.5. The van der Waals surface area contributed by atoms with E-state index >= 15 is 0 Å². The van der Waals surface area contributed by atoms with Crippen molar-refractivity contribution in [2.75, 3.05) is 11.9 Å². The Balaban J connectivity index is 2.10. The number of anilines is 1. The summed E-state index contributed by atoms with van der Waals surface area (Å²) in [5.74, 6) is 0.598. The predicted octanol–water partition coefficient (Wildman–Crippen LogP) is 3.08. The molecule has 1 heterocycles. The summed E-state index contributed by atoms with van der Waals surface area (Å²) in [6.07, 6.45) is 1.15. The van der Waals surface area contributed by atoms with Crippen LogP contribution < -0.4 is 5.32 Å². The van der Waals surface area contributed by atoms with Crippen molar-refractivity contribution < 1.29 is 4.92 Å². The van der Waals surface area contributed by atoms with Crippen LogP contribution in [0.5, 0.6) is 0 Å². The maximum Gasteiger partial charge on any atom is 0.289 e. The van der Waals surface area contributed by atoms with Gasteiger partial charge in [-0.15, -0.1) is 0 Å². The minimum absolute atomic E-state index is 0.171. The summed E-state index contributed by atoms with van der Waals surface area (Å²) < 4.78 is 0. The van der Waals surface area contributed by atoms with E-state index in [2.05, 4.69) is 17.2 Å². The van der Waals surface area contributed by atoms with Gasteiger partial charge < -0.3 is 5.32 Å². The minimum Gasteiger partial charge on any atom is -0.368 e. The first-order chi connectivity index (χ1) is 10.1. The van der Waals surface area contributed by atoms with Gasteiger partial charge in [-0.1, -0.05) is 37.3 Å². The maximum absolute atomic E-state index is 10.7. The van der Waals surface area contributed by atoms with Crippen LogP contribution in [-0.2, 0) is 0 Å². The van der Waals surface area contributed by atoms with Crippen LogP contribution in [0.3, 0.4) is 0 Å². The average Bonchev–Trinajstić information content (AvgIpc) is 2.53. The van der Waals surface area contributed by atoms with Crippen molar-refractivity contribution in [2.24, 2.45) is 0 Å². The summed E-state index contributed by atoms with van der Waals surface area (Å²) >= 11 is 0. The van der Waals surface area contributed by atoms with E-state index in [0.29, 0.717) is 12.4 Å². The molecule has 1 aromatic carbocycles. The molecule has 0 radical (unpaired) electrons. The van der Waals surface area contributed by atoms with E-state index in [0.717, 1.165) is 6.20 Å². The van der Waals surface area contributed by atoms with Crippen molar-refractivity contribution >= 4 is 11.5 Å². The van der Waals surface area contributed by atoms with Crippen LogP contribution in [0.4, 0.5) is 11.5 Å². The van der Waals surface area contributed by atoms with Gasteiger partial charge in [-0.3, -0.25) is 10.1 Å². The van der Waals surface area contributed by atoms with Crippen LogP contribution in [0, 0.1) is 21.4 Å². The lowest BCUT2D eigenvalue weighted by Gasteiger charge is -2.14. The van der Waals surface area contributed by atoms with E-state index in [1.807, 2.05) is 36.4 Å². The highest BCUT2D eigenvalue weighted by atomic mass is 16.6. The maximum atomic E-state index is 10.7. The van der Waals surface area contributed by atoms with Crippen LogP contribution in [0.2, 0.25) is 0 Å². The molecule has 1 N–H and O–H groups in total. The molecule has 6 heteroatoms. The molecule has 0 saturated carbocycles. The molecule has 1 aromatic heterocycles. The summed E-state index contributed by atoms with van der Waals surface area (Å²) in [5.41, 5.74) is 1.16. The number of nitro groups is 1. The number of aromatic nitrogens is 1. The topological polar surface area (TPSA) is 91.8 Å². The SMILES string of the molecule is CC(CNc1ncc([N+](=O)[O-])cc1C#N)c1ccccc1. The Morgan fingerprint density at radius 1 is 1.43 bits per heavy atom. The van der Waals surface area contributed by atoms with Gasteiger partial charge in [0.15, 0.2) is 0 Å². The molecule has 0 aliphatic rings. The monoisotopic (exact) mass is 282 g/mol. The Bertz CT molecular complexity index is 680. The van der Waals surface area contributed by atoms with Gasteiger partial charge >= 0.3 is 0 Å². The summed E-state index contributed by atoms with van der Waals surface area (Å²) in [6.45, 7) is 2.64. The second-order valence-electron chi connectivity index (χ2n) is 4.65. The van der Waals surface area contributed by atoms with Gasteiger partial charge in [0.1, 0.15) is 23.6 Å². The first-order valence-corrected chi connectivity index (χ1v) is 6.45. The number of nitriles is 1. The molecule has 0 amide bonds. The third-order valence-electron chi connectivity index (χ3n) is 3.15. The second-order valence-corrected chi connectivity index (χ2v) is 4.65. The quantitative estimate of drug-likeness (QED) is 0.672. The highest BCUT2D eigenvalue weighted by Gasteiger charge is 2.13. The van der Waals surface area contributed by atoms with Gasteiger partial charge in [0.05, 0.1) is 4.92 Å². The smallest absolute Gasteiger partial charge is 0.289 e. The Kier molecular flexibility index (Phi) is 4.46. The van der Waals surface area contributed by atoms with Gasteiger partial charge in [-0.2, -0.15) is 5.26 Å². The molecule has 6 nitrogen and oxygen atoms in total. The molecule has 21 heavy (non-hydrogen) atoms. The fraction of sp³-hybridized carbons (Fsp3) is 0.200. The number of hydrogen-bond acceptors (Lipinski definition) is 5. The van der Waals surface area contributed by atoms with Crippen LogP contribution in [0.1, 0.15) is 24.0 Å². The molecule has 0 saturated heterocycles. The molecule has 0 fully saturated rings. The van der Waals surface area contributed by atoms with Gasteiger partial charge in [-0.25, -0.2) is 4.98 Å². The van der Waals surface area contributed by atoms with E-state index in [-0.39, 0.29) is 17.2 Å². The van der Waals surface area contributed by atoms with Gasteiger partial charge in [0.25, 0.3) is 5.69 Å². The molecule has 0 bridgehead atoms. The molecular formula is C15H14N4O2. The largest absolute Gasteiger partial charge is 0.368 e. The minimum atomic E-state index is -0.565. The van der Waals surface area contributed by atoms with Crippen molar-refractivity contribution in [3.63, 3.8) is 0 Å². The van der Waals surface area contributed by atoms with Crippen molar-refractivity contribution in [1.29, 1.82) is 5.26 Å². The fourth-order valence-corrected chi connectivity index (χ4v) is 1.93. The molecule has 1 unspecified atom stereocenters. The van der Waals surface area contributed by atoms with Gasteiger partial charge in [-0.05, 0) is 11.5 Å². The van der Waals surface area contributed by atoms with Crippen molar-refractivity contribution in [2.45, 2.75) is 12.8 Å². The zero-order valence-electron chi connectivity index (χ0n) is 11.5. The third kappa shape index (κ3) is 3.54. The Labute approximate surface area is 122 Å². The van der Waals surface area contributed by atoms with Crippen LogP contribution >= 0.6 is 0 Å².